The Morgan fingerprint density at radius 2 is 1.90 bits per heavy atom. The van der Waals surface area contributed by atoms with Crippen molar-refractivity contribution in [3.63, 3.8) is 0 Å². The number of rotatable bonds is 9. The molecule has 1 aromatic heterocycles. The fraction of sp³-hybridized carbons (Fsp3) is 0.333. The van der Waals surface area contributed by atoms with Gasteiger partial charge in [0, 0.05) is 22.4 Å². The molecule has 158 valence electrons. The minimum Gasteiger partial charge on any atom is -0.441 e. The highest BCUT2D eigenvalue weighted by atomic mass is 32.2. The van der Waals surface area contributed by atoms with Crippen molar-refractivity contribution in [1.29, 1.82) is 0 Å². The fourth-order valence-electron chi connectivity index (χ4n) is 3.23. The quantitative estimate of drug-likeness (QED) is 0.554. The second kappa shape index (κ2) is 10.3. The highest BCUT2D eigenvalue weighted by Gasteiger charge is 2.17. The number of oxazole rings is 1. The van der Waals surface area contributed by atoms with E-state index in [0.29, 0.717) is 17.3 Å². The predicted molar refractivity (Wildman–Crippen MR) is 120 cm³/mol. The standard InChI is InChI=1S/C24H28N2O3S/c1-17-8-7-11-21(14-17)24-26-22(19(3)29-24)15-30(28)16-23(27)25-18(2)12-13-20-9-5-4-6-10-20/h4-11,14,18H,12-13,15-16H2,1-3H3,(H,25,27)/t18-,30-/m1/s1. The summed E-state index contributed by atoms with van der Waals surface area (Å²) in [4.78, 5) is 16.8. The van der Waals surface area contributed by atoms with Gasteiger partial charge >= 0.3 is 0 Å². The van der Waals surface area contributed by atoms with E-state index in [4.69, 9.17) is 4.42 Å². The average molecular weight is 425 g/mol. The first-order chi connectivity index (χ1) is 14.4. The Morgan fingerprint density at radius 3 is 2.63 bits per heavy atom. The molecule has 2 atom stereocenters. The third kappa shape index (κ3) is 6.39. The van der Waals surface area contributed by atoms with Crippen molar-refractivity contribution in [1.82, 2.24) is 10.3 Å². The molecule has 1 N–H and O–H groups in total. The van der Waals surface area contributed by atoms with Gasteiger partial charge in [0.1, 0.15) is 11.5 Å². The number of nitrogens with zero attached hydrogens (tertiary/aromatic N) is 1. The van der Waals surface area contributed by atoms with Crippen LogP contribution in [0.5, 0.6) is 0 Å². The van der Waals surface area contributed by atoms with Gasteiger partial charge in [-0.3, -0.25) is 9.00 Å². The lowest BCUT2D eigenvalue weighted by Gasteiger charge is -2.13. The summed E-state index contributed by atoms with van der Waals surface area (Å²) in [5, 5.41) is 2.94. The maximum atomic E-state index is 12.5. The average Bonchev–Trinajstić information content (AvgIpc) is 3.07. The molecule has 5 nitrogen and oxygen atoms in total. The summed E-state index contributed by atoms with van der Waals surface area (Å²) in [6, 6.07) is 18.1. The lowest BCUT2D eigenvalue weighted by Crippen LogP contribution is -2.36. The molecule has 1 amide bonds. The van der Waals surface area contributed by atoms with Crippen LogP contribution in [-0.4, -0.2) is 26.9 Å². The van der Waals surface area contributed by atoms with Crippen molar-refractivity contribution >= 4 is 16.7 Å². The number of carbonyl (C=O) groups excluding carboxylic acids is 1. The highest BCUT2D eigenvalue weighted by molar-refractivity contribution is 7.84. The van der Waals surface area contributed by atoms with Crippen LogP contribution in [0.3, 0.4) is 0 Å². The zero-order valence-corrected chi connectivity index (χ0v) is 18.5. The Balaban J connectivity index is 1.49. The van der Waals surface area contributed by atoms with Gasteiger partial charge in [-0.25, -0.2) is 4.98 Å². The monoisotopic (exact) mass is 424 g/mol. The van der Waals surface area contributed by atoms with Crippen molar-refractivity contribution in [2.24, 2.45) is 0 Å². The van der Waals surface area contributed by atoms with E-state index in [0.717, 1.165) is 24.0 Å². The van der Waals surface area contributed by atoms with Crippen molar-refractivity contribution in [2.75, 3.05) is 5.75 Å². The molecule has 0 radical (unpaired) electrons. The van der Waals surface area contributed by atoms with E-state index in [1.807, 2.05) is 63.2 Å². The van der Waals surface area contributed by atoms with Crippen molar-refractivity contribution in [2.45, 2.75) is 45.4 Å². The maximum Gasteiger partial charge on any atom is 0.232 e. The molecule has 0 fully saturated rings. The van der Waals surface area contributed by atoms with E-state index in [-0.39, 0.29) is 23.5 Å². The van der Waals surface area contributed by atoms with Crippen LogP contribution < -0.4 is 5.32 Å². The van der Waals surface area contributed by atoms with Gasteiger partial charge < -0.3 is 9.73 Å². The van der Waals surface area contributed by atoms with Crippen LogP contribution in [0.4, 0.5) is 0 Å². The number of aromatic nitrogens is 1. The molecule has 0 spiro atoms. The van der Waals surface area contributed by atoms with E-state index in [9.17, 15) is 9.00 Å². The molecule has 0 saturated heterocycles. The Bertz CT molecular complexity index is 1010. The van der Waals surface area contributed by atoms with E-state index < -0.39 is 10.8 Å². The third-order valence-electron chi connectivity index (χ3n) is 4.86. The molecular weight excluding hydrogens is 396 g/mol. The summed E-state index contributed by atoms with van der Waals surface area (Å²) in [6.07, 6.45) is 1.73. The molecule has 6 heteroatoms. The first kappa shape index (κ1) is 22.0. The van der Waals surface area contributed by atoms with Crippen LogP contribution >= 0.6 is 0 Å². The van der Waals surface area contributed by atoms with E-state index in [1.54, 1.807) is 0 Å². The summed E-state index contributed by atoms with van der Waals surface area (Å²) in [5.41, 5.74) is 3.88. The molecular formula is C24H28N2O3S. The third-order valence-corrected chi connectivity index (χ3v) is 6.04. The molecule has 0 bridgehead atoms. The molecule has 0 unspecified atom stereocenters. The number of hydrogen-bond acceptors (Lipinski definition) is 4. The van der Waals surface area contributed by atoms with E-state index in [2.05, 4.69) is 22.4 Å². The predicted octanol–water partition coefficient (Wildman–Crippen LogP) is 4.34. The molecule has 0 aliphatic carbocycles. The first-order valence-electron chi connectivity index (χ1n) is 10.1. The SMILES string of the molecule is Cc1cccc(-c2nc(C[S@@](=O)CC(=O)N[C@H](C)CCc3ccccc3)c(C)o2)c1. The number of benzene rings is 2. The zero-order valence-electron chi connectivity index (χ0n) is 17.7. The largest absolute Gasteiger partial charge is 0.441 e. The minimum atomic E-state index is -1.35. The second-order valence-corrected chi connectivity index (χ2v) is 9.07. The number of nitrogens with one attached hydrogen (secondary N) is 1. The van der Waals surface area contributed by atoms with E-state index in [1.165, 1.54) is 5.56 Å². The van der Waals surface area contributed by atoms with Crippen LogP contribution in [0.2, 0.25) is 0 Å². The van der Waals surface area contributed by atoms with Crippen molar-refractivity contribution in [3.05, 3.63) is 77.2 Å². The number of carbonyl (C=O) groups is 1. The zero-order chi connectivity index (χ0) is 21.5. The summed E-state index contributed by atoms with van der Waals surface area (Å²) >= 11 is 0. The smallest absolute Gasteiger partial charge is 0.232 e. The van der Waals surface area contributed by atoms with Gasteiger partial charge in [-0.1, -0.05) is 48.0 Å². The van der Waals surface area contributed by atoms with Gasteiger partial charge in [0.2, 0.25) is 11.8 Å². The Hall–Kier alpha value is -2.73. The van der Waals surface area contributed by atoms with E-state index >= 15 is 0 Å². The molecule has 0 aliphatic heterocycles. The summed E-state index contributed by atoms with van der Waals surface area (Å²) in [5.74, 6) is 1.11. The van der Waals surface area contributed by atoms with Crippen LogP contribution in [0, 0.1) is 13.8 Å². The second-order valence-electron chi connectivity index (χ2n) is 7.61. The van der Waals surface area contributed by atoms with Crippen LogP contribution in [0.25, 0.3) is 11.5 Å². The summed E-state index contributed by atoms with van der Waals surface area (Å²) in [7, 11) is -1.35. The summed E-state index contributed by atoms with van der Waals surface area (Å²) < 4.78 is 18.3. The van der Waals surface area contributed by atoms with Crippen molar-refractivity contribution < 1.29 is 13.4 Å². The van der Waals surface area contributed by atoms with Gasteiger partial charge in [0.05, 0.1) is 11.4 Å². The minimum absolute atomic E-state index is 0.0245. The normalized spacial score (nSPS) is 13.0. The van der Waals surface area contributed by atoms with Gasteiger partial charge in [-0.15, -0.1) is 0 Å². The van der Waals surface area contributed by atoms with Crippen LogP contribution in [-0.2, 0) is 27.8 Å². The van der Waals surface area contributed by atoms with Gasteiger partial charge in [0.25, 0.3) is 0 Å². The molecule has 0 aliphatic rings. The fourth-order valence-corrected chi connectivity index (χ4v) is 4.28. The molecule has 2 aromatic carbocycles. The van der Waals surface area contributed by atoms with Gasteiger partial charge in [-0.05, 0) is 51.3 Å². The lowest BCUT2D eigenvalue weighted by atomic mass is 10.1. The Morgan fingerprint density at radius 1 is 1.13 bits per heavy atom. The summed E-state index contributed by atoms with van der Waals surface area (Å²) in [6.45, 7) is 5.79. The van der Waals surface area contributed by atoms with Gasteiger partial charge in [-0.2, -0.15) is 0 Å². The van der Waals surface area contributed by atoms with Crippen molar-refractivity contribution in [3.8, 4) is 11.5 Å². The molecule has 0 saturated carbocycles. The lowest BCUT2D eigenvalue weighted by molar-refractivity contribution is -0.119. The molecule has 30 heavy (non-hydrogen) atoms. The highest BCUT2D eigenvalue weighted by Crippen LogP contribution is 2.23. The first-order valence-corrected chi connectivity index (χ1v) is 11.6. The topological polar surface area (TPSA) is 72.2 Å². The maximum absolute atomic E-state index is 12.5. The number of aryl methyl sites for hydroxylation is 3. The Labute approximate surface area is 180 Å². The number of hydrogen-bond donors (Lipinski definition) is 1. The van der Waals surface area contributed by atoms with Gasteiger partial charge in [0.15, 0.2) is 0 Å². The van der Waals surface area contributed by atoms with Crippen LogP contribution in [0.1, 0.15) is 35.9 Å². The Kier molecular flexibility index (Phi) is 7.57. The molecule has 3 aromatic rings. The molecule has 1 heterocycles. The van der Waals surface area contributed by atoms with Crippen LogP contribution in [0.15, 0.2) is 59.0 Å². The molecule has 3 rings (SSSR count). The number of amides is 1.